The van der Waals surface area contributed by atoms with Crippen LogP contribution in [0.15, 0.2) is 11.4 Å². The average molecular weight is 237 g/mol. The molecule has 1 unspecified atom stereocenters. The highest BCUT2D eigenvalue weighted by molar-refractivity contribution is 7.10. The highest BCUT2D eigenvalue weighted by atomic mass is 32.1. The lowest BCUT2D eigenvalue weighted by Gasteiger charge is -2.20. The maximum Gasteiger partial charge on any atom is 0.224 e. The summed E-state index contributed by atoms with van der Waals surface area (Å²) in [4.78, 5) is 13.1. The van der Waals surface area contributed by atoms with Crippen molar-refractivity contribution in [3.05, 3.63) is 21.9 Å². The SMILES string of the molecule is Cc1sccc1CC(=O)NC(C)C1(C)CC1. The molecule has 1 aromatic rings. The van der Waals surface area contributed by atoms with Gasteiger partial charge in [0.25, 0.3) is 0 Å². The second kappa shape index (κ2) is 4.21. The topological polar surface area (TPSA) is 29.1 Å². The molecule has 16 heavy (non-hydrogen) atoms. The molecule has 2 nitrogen and oxygen atoms in total. The molecule has 1 fully saturated rings. The fourth-order valence-electron chi connectivity index (χ4n) is 1.86. The van der Waals surface area contributed by atoms with Gasteiger partial charge in [-0.3, -0.25) is 4.79 Å². The summed E-state index contributed by atoms with van der Waals surface area (Å²) in [6.07, 6.45) is 3.01. The molecule has 1 aliphatic carbocycles. The summed E-state index contributed by atoms with van der Waals surface area (Å²) >= 11 is 1.70. The summed E-state index contributed by atoms with van der Waals surface area (Å²) < 4.78 is 0. The van der Waals surface area contributed by atoms with Gasteiger partial charge in [0.2, 0.25) is 5.91 Å². The number of aryl methyl sites for hydroxylation is 1. The molecular formula is C13H19NOS. The standard InChI is InChI=1S/C13H19NOS/c1-9-11(4-7-16-9)8-12(15)14-10(2)13(3)5-6-13/h4,7,10H,5-6,8H2,1-3H3,(H,14,15). The predicted octanol–water partition coefficient (Wildman–Crippen LogP) is 2.90. The van der Waals surface area contributed by atoms with Gasteiger partial charge in [-0.05, 0) is 49.1 Å². The number of rotatable bonds is 4. The van der Waals surface area contributed by atoms with Gasteiger partial charge in [0.05, 0.1) is 6.42 Å². The van der Waals surface area contributed by atoms with E-state index in [9.17, 15) is 4.79 Å². The zero-order chi connectivity index (χ0) is 11.8. The molecule has 88 valence electrons. The van der Waals surface area contributed by atoms with Gasteiger partial charge in [0.15, 0.2) is 0 Å². The van der Waals surface area contributed by atoms with Gasteiger partial charge in [-0.25, -0.2) is 0 Å². The molecule has 1 amide bonds. The van der Waals surface area contributed by atoms with Crippen LogP contribution in [0, 0.1) is 12.3 Å². The molecule has 1 aromatic heterocycles. The number of amides is 1. The van der Waals surface area contributed by atoms with Gasteiger partial charge in [0, 0.05) is 10.9 Å². The largest absolute Gasteiger partial charge is 0.353 e. The third kappa shape index (κ3) is 2.46. The molecule has 2 rings (SSSR count). The molecule has 1 saturated carbocycles. The van der Waals surface area contributed by atoms with E-state index in [1.54, 1.807) is 11.3 Å². The Labute approximate surface area is 101 Å². The van der Waals surface area contributed by atoms with E-state index >= 15 is 0 Å². The molecule has 0 aliphatic heterocycles. The summed E-state index contributed by atoms with van der Waals surface area (Å²) in [7, 11) is 0. The first-order valence-corrected chi connectivity index (χ1v) is 6.71. The van der Waals surface area contributed by atoms with Crippen molar-refractivity contribution in [3.63, 3.8) is 0 Å². The second-order valence-corrected chi connectivity index (χ2v) is 6.24. The van der Waals surface area contributed by atoms with Crippen LogP contribution in [0.25, 0.3) is 0 Å². The number of thiophene rings is 1. The van der Waals surface area contributed by atoms with Crippen LogP contribution < -0.4 is 5.32 Å². The summed E-state index contributed by atoms with van der Waals surface area (Å²) in [6, 6.07) is 2.35. The van der Waals surface area contributed by atoms with E-state index in [0.29, 0.717) is 17.9 Å². The number of nitrogens with one attached hydrogen (secondary N) is 1. The van der Waals surface area contributed by atoms with E-state index in [0.717, 1.165) is 5.56 Å². The van der Waals surface area contributed by atoms with Crippen molar-refractivity contribution < 1.29 is 4.79 Å². The monoisotopic (exact) mass is 237 g/mol. The molecular weight excluding hydrogens is 218 g/mol. The molecule has 1 atom stereocenters. The highest BCUT2D eigenvalue weighted by Crippen LogP contribution is 2.47. The Morgan fingerprint density at radius 1 is 1.62 bits per heavy atom. The lowest BCUT2D eigenvalue weighted by molar-refractivity contribution is -0.121. The molecule has 1 aliphatic rings. The Morgan fingerprint density at radius 2 is 2.31 bits per heavy atom. The summed E-state index contributed by atoms with van der Waals surface area (Å²) in [5, 5.41) is 5.16. The molecule has 1 heterocycles. The Bertz CT molecular complexity index is 392. The first-order chi connectivity index (χ1) is 7.51. The normalized spacial score (nSPS) is 19.2. The Hall–Kier alpha value is -0.830. The van der Waals surface area contributed by atoms with Crippen LogP contribution in [-0.4, -0.2) is 11.9 Å². The van der Waals surface area contributed by atoms with Crippen LogP contribution >= 0.6 is 11.3 Å². The minimum absolute atomic E-state index is 0.155. The van der Waals surface area contributed by atoms with Crippen LogP contribution in [0.2, 0.25) is 0 Å². The molecule has 0 radical (unpaired) electrons. The fourth-order valence-corrected chi connectivity index (χ4v) is 2.59. The molecule has 0 bridgehead atoms. The lowest BCUT2D eigenvalue weighted by atomic mass is 10.0. The molecule has 0 saturated heterocycles. The van der Waals surface area contributed by atoms with Gasteiger partial charge >= 0.3 is 0 Å². The first-order valence-electron chi connectivity index (χ1n) is 5.83. The van der Waals surface area contributed by atoms with Gasteiger partial charge in [-0.15, -0.1) is 11.3 Å². The summed E-state index contributed by atoms with van der Waals surface area (Å²) in [6.45, 7) is 6.43. The zero-order valence-electron chi connectivity index (χ0n) is 10.2. The van der Waals surface area contributed by atoms with Crippen LogP contribution in [-0.2, 0) is 11.2 Å². The van der Waals surface area contributed by atoms with Crippen LogP contribution in [0.3, 0.4) is 0 Å². The van der Waals surface area contributed by atoms with Crippen molar-refractivity contribution >= 4 is 17.2 Å². The Morgan fingerprint density at radius 3 is 2.81 bits per heavy atom. The maximum absolute atomic E-state index is 11.8. The number of carbonyl (C=O) groups is 1. The molecule has 0 aromatic carbocycles. The number of hydrogen-bond acceptors (Lipinski definition) is 2. The third-order valence-electron chi connectivity index (χ3n) is 3.78. The molecule has 1 N–H and O–H groups in total. The first kappa shape index (κ1) is 11.6. The predicted molar refractivity (Wildman–Crippen MR) is 67.7 cm³/mol. The van der Waals surface area contributed by atoms with Crippen LogP contribution in [0.5, 0.6) is 0 Å². The van der Waals surface area contributed by atoms with E-state index in [-0.39, 0.29) is 5.91 Å². The number of carbonyl (C=O) groups excluding carboxylic acids is 1. The van der Waals surface area contributed by atoms with E-state index in [2.05, 4.69) is 26.1 Å². The van der Waals surface area contributed by atoms with Gasteiger partial charge in [-0.2, -0.15) is 0 Å². The molecule has 0 spiro atoms. The van der Waals surface area contributed by atoms with E-state index in [1.165, 1.54) is 17.7 Å². The minimum atomic E-state index is 0.155. The zero-order valence-corrected chi connectivity index (χ0v) is 11.0. The smallest absolute Gasteiger partial charge is 0.224 e. The van der Waals surface area contributed by atoms with Crippen LogP contribution in [0.1, 0.15) is 37.1 Å². The summed E-state index contributed by atoms with van der Waals surface area (Å²) in [5.41, 5.74) is 1.52. The second-order valence-electron chi connectivity index (χ2n) is 5.12. The van der Waals surface area contributed by atoms with E-state index in [1.807, 2.05) is 11.4 Å². The molecule has 3 heteroatoms. The van der Waals surface area contributed by atoms with Gasteiger partial charge in [-0.1, -0.05) is 6.92 Å². The summed E-state index contributed by atoms with van der Waals surface area (Å²) in [5.74, 6) is 0.155. The fraction of sp³-hybridized carbons (Fsp3) is 0.615. The highest BCUT2D eigenvalue weighted by Gasteiger charge is 2.42. The maximum atomic E-state index is 11.8. The van der Waals surface area contributed by atoms with Gasteiger partial charge in [0.1, 0.15) is 0 Å². The van der Waals surface area contributed by atoms with Gasteiger partial charge < -0.3 is 5.32 Å². The van der Waals surface area contributed by atoms with Crippen molar-refractivity contribution in [3.8, 4) is 0 Å². The number of hydrogen-bond donors (Lipinski definition) is 1. The lowest BCUT2D eigenvalue weighted by Crippen LogP contribution is -2.38. The van der Waals surface area contributed by atoms with Crippen molar-refractivity contribution in [2.24, 2.45) is 5.41 Å². The van der Waals surface area contributed by atoms with Crippen molar-refractivity contribution in [1.82, 2.24) is 5.32 Å². The van der Waals surface area contributed by atoms with Crippen LogP contribution in [0.4, 0.5) is 0 Å². The Kier molecular flexibility index (Phi) is 3.06. The Balaban J connectivity index is 1.87. The van der Waals surface area contributed by atoms with E-state index < -0.39 is 0 Å². The van der Waals surface area contributed by atoms with Crippen molar-refractivity contribution in [2.45, 2.75) is 46.1 Å². The minimum Gasteiger partial charge on any atom is -0.353 e. The average Bonchev–Trinajstić information content (AvgIpc) is 2.85. The van der Waals surface area contributed by atoms with Crippen molar-refractivity contribution in [1.29, 1.82) is 0 Å². The van der Waals surface area contributed by atoms with Crippen molar-refractivity contribution in [2.75, 3.05) is 0 Å². The van der Waals surface area contributed by atoms with E-state index in [4.69, 9.17) is 0 Å². The third-order valence-corrected chi connectivity index (χ3v) is 4.67. The quantitative estimate of drug-likeness (QED) is 0.857.